The van der Waals surface area contributed by atoms with Gasteiger partial charge in [-0.1, -0.05) is 65.7 Å². The van der Waals surface area contributed by atoms with Gasteiger partial charge in [-0.3, -0.25) is 8.38 Å². The lowest BCUT2D eigenvalue weighted by Gasteiger charge is -2.34. The monoisotopic (exact) mass is 360 g/mol. The predicted molar refractivity (Wildman–Crippen MR) is 93.9 cm³/mol. The van der Waals surface area contributed by atoms with Crippen LogP contribution in [-0.2, 0) is 0 Å². The molecule has 3 aromatic rings. The van der Waals surface area contributed by atoms with Crippen LogP contribution in [0.4, 0.5) is 0 Å². The molecule has 0 saturated heterocycles. The van der Waals surface area contributed by atoms with E-state index in [0.29, 0.717) is 15.6 Å². The topological polar surface area (TPSA) is 46.1 Å². The highest BCUT2D eigenvalue weighted by molar-refractivity contribution is 7.51. The highest BCUT2D eigenvalue weighted by Gasteiger charge is 2.12. The van der Waals surface area contributed by atoms with E-state index in [4.69, 9.17) is 23.2 Å². The fraction of sp³-hybridized carbons (Fsp3) is 0. The summed E-state index contributed by atoms with van der Waals surface area (Å²) in [5, 5.41) is 1.41. The summed E-state index contributed by atoms with van der Waals surface area (Å²) in [6.07, 6.45) is 0. The van der Waals surface area contributed by atoms with Gasteiger partial charge < -0.3 is 9.79 Å². The summed E-state index contributed by atoms with van der Waals surface area (Å²) in [7, 11) is -2.74. The molecule has 0 spiro atoms. The first-order valence-electron chi connectivity index (χ1n) is 6.85. The van der Waals surface area contributed by atoms with E-state index in [-0.39, 0.29) is 5.30 Å². The third kappa shape index (κ3) is 3.58. The Morgan fingerprint density at radius 2 is 1.26 bits per heavy atom. The van der Waals surface area contributed by atoms with Crippen LogP contribution >= 0.6 is 31.6 Å². The van der Waals surface area contributed by atoms with Gasteiger partial charge in [0.2, 0.25) is 0 Å². The summed E-state index contributed by atoms with van der Waals surface area (Å²) in [5.74, 6) is 0. The van der Waals surface area contributed by atoms with Crippen molar-refractivity contribution < 1.29 is 9.79 Å². The van der Waals surface area contributed by atoms with Crippen molar-refractivity contribution in [3.8, 4) is 22.3 Å². The van der Waals surface area contributed by atoms with Gasteiger partial charge in [0.25, 0.3) is 0 Å². The van der Waals surface area contributed by atoms with Crippen molar-refractivity contribution in [2.75, 3.05) is 0 Å². The van der Waals surface area contributed by atoms with Crippen LogP contribution in [0.5, 0.6) is 0 Å². The highest BCUT2D eigenvalue weighted by atomic mass is 35.5. The maximum absolute atomic E-state index is 11.7. The van der Waals surface area contributed by atoms with Crippen LogP contribution < -0.4 is 15.1 Å². The van der Waals surface area contributed by atoms with E-state index in [1.54, 1.807) is 36.4 Å². The van der Waals surface area contributed by atoms with Gasteiger partial charge in [-0.05, 0) is 51.8 Å². The summed E-state index contributed by atoms with van der Waals surface area (Å²) in [6, 6.07) is 19.7. The van der Waals surface area contributed by atoms with Crippen molar-refractivity contribution in [2.24, 2.45) is 0 Å². The average molecular weight is 361 g/mol. The molecular weight excluding hydrogens is 350 g/mol. The molecule has 0 fully saturated rings. The third-order valence-electron chi connectivity index (χ3n) is 3.49. The molecule has 3 aromatic carbocycles. The SMILES string of the molecule is [O-]P([O-])c1cccc(-c2cccc(Cl)c2)c1-c1cccc(Cl)c1. The fourth-order valence-corrected chi connectivity index (χ4v) is 3.56. The molecule has 23 heavy (non-hydrogen) atoms. The maximum atomic E-state index is 11.7. The van der Waals surface area contributed by atoms with Gasteiger partial charge in [0, 0.05) is 10.0 Å². The Kier molecular flexibility index (Phi) is 5.01. The van der Waals surface area contributed by atoms with Crippen molar-refractivity contribution >= 4 is 36.9 Å². The van der Waals surface area contributed by atoms with Crippen molar-refractivity contribution in [3.63, 3.8) is 0 Å². The standard InChI is InChI=1S/C18H11Cl2O2P/c19-14-6-1-4-12(10-14)16-8-3-9-17(23(21)22)18(16)13-5-2-7-15(20)11-13/h1-11H/q-2. The van der Waals surface area contributed by atoms with Crippen LogP contribution in [-0.4, -0.2) is 0 Å². The first kappa shape index (κ1) is 16.4. The zero-order chi connectivity index (χ0) is 16.4. The molecule has 3 rings (SSSR count). The Bertz CT molecular complexity index is 850. The van der Waals surface area contributed by atoms with Crippen LogP contribution in [0, 0.1) is 0 Å². The van der Waals surface area contributed by atoms with E-state index in [2.05, 4.69) is 0 Å². The number of rotatable bonds is 3. The second kappa shape index (κ2) is 7.00. The van der Waals surface area contributed by atoms with Gasteiger partial charge in [-0.2, -0.15) is 0 Å². The Hall–Kier alpha value is -1.41. The molecule has 0 aromatic heterocycles. The van der Waals surface area contributed by atoms with Crippen molar-refractivity contribution in [2.45, 2.75) is 0 Å². The molecule has 0 unspecified atom stereocenters. The number of benzene rings is 3. The number of halogens is 2. The molecule has 0 amide bonds. The first-order valence-corrected chi connectivity index (χ1v) is 8.79. The number of hydrogen-bond acceptors (Lipinski definition) is 2. The van der Waals surface area contributed by atoms with E-state index in [1.807, 2.05) is 30.3 Å². The van der Waals surface area contributed by atoms with Crippen LogP contribution in [0.2, 0.25) is 10.0 Å². The minimum Gasteiger partial charge on any atom is -0.838 e. The molecule has 0 aliphatic rings. The largest absolute Gasteiger partial charge is 0.838 e. The molecule has 0 heterocycles. The van der Waals surface area contributed by atoms with Crippen LogP contribution in [0.25, 0.3) is 22.3 Å². The van der Waals surface area contributed by atoms with E-state index in [0.717, 1.165) is 16.7 Å². The van der Waals surface area contributed by atoms with E-state index in [1.165, 1.54) is 0 Å². The fourth-order valence-electron chi connectivity index (χ4n) is 2.54. The molecule has 0 atom stereocenters. The summed E-state index contributed by atoms with van der Waals surface area (Å²) < 4.78 is 0. The quantitative estimate of drug-likeness (QED) is 0.663. The Morgan fingerprint density at radius 3 is 1.87 bits per heavy atom. The van der Waals surface area contributed by atoms with Gasteiger partial charge in [0.05, 0.1) is 0 Å². The van der Waals surface area contributed by atoms with Crippen molar-refractivity contribution in [1.82, 2.24) is 0 Å². The average Bonchev–Trinajstić information content (AvgIpc) is 2.54. The summed E-state index contributed by atoms with van der Waals surface area (Å²) in [4.78, 5) is 23.4. The molecule has 116 valence electrons. The van der Waals surface area contributed by atoms with Gasteiger partial charge in [0.15, 0.2) is 0 Å². The number of hydrogen-bond donors (Lipinski definition) is 0. The van der Waals surface area contributed by atoms with E-state index < -0.39 is 8.38 Å². The van der Waals surface area contributed by atoms with Crippen LogP contribution in [0.1, 0.15) is 0 Å². The van der Waals surface area contributed by atoms with E-state index in [9.17, 15) is 9.79 Å². The molecule has 0 aliphatic carbocycles. The van der Waals surface area contributed by atoms with Gasteiger partial charge >= 0.3 is 0 Å². The lowest BCUT2D eigenvalue weighted by atomic mass is 9.94. The molecule has 0 bridgehead atoms. The van der Waals surface area contributed by atoms with Crippen LogP contribution in [0.3, 0.4) is 0 Å². The normalized spacial score (nSPS) is 11.0. The Balaban J connectivity index is 2.30. The molecule has 0 saturated carbocycles. The van der Waals surface area contributed by atoms with Gasteiger partial charge in [-0.15, -0.1) is 0 Å². The second-order valence-electron chi connectivity index (χ2n) is 4.98. The minimum absolute atomic E-state index is 0.264. The molecule has 0 N–H and O–H groups in total. The molecule has 2 nitrogen and oxygen atoms in total. The Labute approximate surface area is 145 Å². The van der Waals surface area contributed by atoms with Crippen molar-refractivity contribution in [1.29, 1.82) is 0 Å². The van der Waals surface area contributed by atoms with Gasteiger partial charge in [-0.25, -0.2) is 0 Å². The van der Waals surface area contributed by atoms with Crippen molar-refractivity contribution in [3.05, 3.63) is 76.8 Å². The summed E-state index contributed by atoms with van der Waals surface area (Å²) >= 11 is 12.2. The molecule has 0 radical (unpaired) electrons. The van der Waals surface area contributed by atoms with E-state index >= 15 is 0 Å². The zero-order valence-electron chi connectivity index (χ0n) is 11.9. The zero-order valence-corrected chi connectivity index (χ0v) is 14.3. The smallest absolute Gasteiger partial charge is 0.0412 e. The predicted octanol–water partition coefficient (Wildman–Crippen LogP) is 3.99. The first-order chi connectivity index (χ1) is 11.1. The molecule has 5 heteroatoms. The third-order valence-corrected chi connectivity index (χ3v) is 4.72. The lowest BCUT2D eigenvalue weighted by molar-refractivity contribution is -0.287. The van der Waals surface area contributed by atoms with Gasteiger partial charge in [0.1, 0.15) is 0 Å². The minimum atomic E-state index is -2.74. The van der Waals surface area contributed by atoms with Crippen LogP contribution in [0.15, 0.2) is 66.7 Å². The maximum Gasteiger partial charge on any atom is 0.0412 e. The Morgan fingerprint density at radius 1 is 0.696 bits per heavy atom. The summed E-state index contributed by atoms with van der Waals surface area (Å²) in [6.45, 7) is 0. The summed E-state index contributed by atoms with van der Waals surface area (Å²) in [5.41, 5.74) is 3.04. The molecular formula is C18H11Cl2O2P-2. The lowest BCUT2D eigenvalue weighted by Crippen LogP contribution is -2.21. The molecule has 0 aliphatic heterocycles. The second-order valence-corrected chi connectivity index (χ2v) is 6.85. The highest BCUT2D eigenvalue weighted by Crippen LogP contribution is 2.36.